The molecule has 202 valence electrons. The van der Waals surface area contributed by atoms with Gasteiger partial charge < -0.3 is 14.6 Å². The lowest BCUT2D eigenvalue weighted by atomic mass is 9.95. The topological polar surface area (TPSA) is 71.0 Å². The predicted octanol–water partition coefficient (Wildman–Crippen LogP) is 5.31. The van der Waals surface area contributed by atoms with Crippen molar-refractivity contribution in [3.8, 4) is 5.75 Å². The zero-order chi connectivity index (χ0) is 26.4. The zero-order valence-corrected chi connectivity index (χ0v) is 22.9. The summed E-state index contributed by atoms with van der Waals surface area (Å²) in [4.78, 5) is 16.0. The highest BCUT2D eigenvalue weighted by atomic mass is 35.5. The Kier molecular flexibility index (Phi) is 9.99. The smallest absolute Gasteiger partial charge is 0.262 e. The van der Waals surface area contributed by atoms with Gasteiger partial charge in [-0.1, -0.05) is 11.6 Å². The Labute approximate surface area is 229 Å². The van der Waals surface area contributed by atoms with Crippen molar-refractivity contribution in [2.24, 2.45) is 0 Å². The van der Waals surface area contributed by atoms with E-state index in [1.807, 2.05) is 0 Å². The number of thioether (sulfide) groups is 1. The number of halogens is 3. The fraction of sp³-hybridized carbons (Fsp3) is 0.500. The minimum absolute atomic E-state index is 0.0479. The highest BCUT2D eigenvalue weighted by molar-refractivity contribution is 7.99. The molecule has 2 aromatic carbocycles. The monoisotopic (exact) mass is 572 g/mol. The van der Waals surface area contributed by atoms with Crippen LogP contribution in [0.15, 0.2) is 46.2 Å². The van der Waals surface area contributed by atoms with Crippen molar-refractivity contribution in [3.05, 3.63) is 53.1 Å². The molecule has 0 bridgehead atoms. The Hall–Kier alpha value is -1.56. The third kappa shape index (κ3) is 7.97. The van der Waals surface area contributed by atoms with E-state index in [0.717, 1.165) is 29.7 Å². The largest absolute Gasteiger partial charge is 0.485 e. The summed E-state index contributed by atoms with van der Waals surface area (Å²) in [5.41, 5.74) is -0.890. The van der Waals surface area contributed by atoms with Crippen LogP contribution >= 0.6 is 35.3 Å². The third-order valence-corrected chi connectivity index (χ3v) is 8.61. The van der Waals surface area contributed by atoms with E-state index >= 15 is 4.39 Å². The van der Waals surface area contributed by atoms with Crippen molar-refractivity contribution < 1.29 is 28.2 Å². The standard InChI is InChI=1S/C26H31ClF2N2O4S2/c1-26(9-2-3-11-34-26)25(33)30-37-21-12-22(27)24(23(29)13-21)35-19(8-10-31-14-18(32)15-31)16-36-20-6-4-17(28)5-7-20/h4-7,12-13,18-19,32H,2-3,8-11,14-16H2,1H3,(H,30,33). The molecule has 37 heavy (non-hydrogen) atoms. The number of ether oxygens (including phenoxy) is 2. The lowest BCUT2D eigenvalue weighted by molar-refractivity contribution is -0.148. The summed E-state index contributed by atoms with van der Waals surface area (Å²) in [6.07, 6.45) is 2.40. The SMILES string of the molecule is CC1(C(=O)NSc2cc(F)c(OC(CCN3CC(O)C3)CSc3ccc(F)cc3)c(Cl)c2)CCCCO1. The predicted molar refractivity (Wildman–Crippen MR) is 142 cm³/mol. The van der Waals surface area contributed by atoms with E-state index in [9.17, 15) is 14.3 Å². The summed E-state index contributed by atoms with van der Waals surface area (Å²) in [7, 11) is 0. The summed E-state index contributed by atoms with van der Waals surface area (Å²) in [5.74, 6) is -0.739. The van der Waals surface area contributed by atoms with Gasteiger partial charge in [-0.2, -0.15) is 0 Å². The molecule has 2 atom stereocenters. The first kappa shape index (κ1) is 28.4. The van der Waals surface area contributed by atoms with E-state index in [2.05, 4.69) is 9.62 Å². The fourth-order valence-corrected chi connectivity index (χ4v) is 6.17. The number of rotatable bonds is 11. The van der Waals surface area contributed by atoms with Gasteiger partial charge in [-0.15, -0.1) is 11.8 Å². The number of amides is 1. The molecule has 2 fully saturated rings. The number of nitrogens with one attached hydrogen (secondary N) is 1. The average Bonchev–Trinajstić information content (AvgIpc) is 2.85. The molecule has 2 saturated heterocycles. The Morgan fingerprint density at radius 3 is 2.68 bits per heavy atom. The maximum Gasteiger partial charge on any atom is 0.262 e. The molecule has 0 spiro atoms. The van der Waals surface area contributed by atoms with Gasteiger partial charge in [0.1, 0.15) is 17.5 Å². The summed E-state index contributed by atoms with van der Waals surface area (Å²) >= 11 is 8.89. The van der Waals surface area contributed by atoms with Crippen molar-refractivity contribution in [1.29, 1.82) is 0 Å². The van der Waals surface area contributed by atoms with Crippen LogP contribution in [0, 0.1) is 11.6 Å². The number of nitrogens with zero attached hydrogens (tertiary/aromatic N) is 1. The Morgan fingerprint density at radius 1 is 1.27 bits per heavy atom. The first-order valence-corrected chi connectivity index (χ1v) is 14.5. The fourth-order valence-electron chi connectivity index (χ4n) is 4.15. The van der Waals surface area contributed by atoms with E-state index in [4.69, 9.17) is 21.1 Å². The molecule has 4 rings (SSSR count). The quantitative estimate of drug-likeness (QED) is 0.279. The van der Waals surface area contributed by atoms with Crippen LogP contribution in [0.4, 0.5) is 8.78 Å². The first-order chi connectivity index (χ1) is 17.7. The third-order valence-electron chi connectivity index (χ3n) is 6.42. The molecule has 1 amide bonds. The van der Waals surface area contributed by atoms with E-state index in [1.165, 1.54) is 30.0 Å². The normalized spacial score (nSPS) is 21.3. The van der Waals surface area contributed by atoms with Gasteiger partial charge in [-0.25, -0.2) is 8.78 Å². The molecule has 2 aliphatic heterocycles. The van der Waals surface area contributed by atoms with Gasteiger partial charge in [0, 0.05) is 41.8 Å². The summed E-state index contributed by atoms with van der Waals surface area (Å²) in [6.45, 7) is 4.20. The van der Waals surface area contributed by atoms with Crippen LogP contribution in [-0.4, -0.2) is 65.7 Å². The van der Waals surface area contributed by atoms with E-state index < -0.39 is 11.4 Å². The van der Waals surface area contributed by atoms with Gasteiger partial charge in [0.15, 0.2) is 11.6 Å². The summed E-state index contributed by atoms with van der Waals surface area (Å²) in [6, 6.07) is 9.01. The Morgan fingerprint density at radius 2 is 2.03 bits per heavy atom. The van der Waals surface area contributed by atoms with E-state index in [1.54, 1.807) is 25.1 Å². The maximum absolute atomic E-state index is 15.1. The summed E-state index contributed by atoms with van der Waals surface area (Å²) < 4.78 is 42.8. The Balaban J connectivity index is 1.38. The molecule has 2 aliphatic rings. The van der Waals surface area contributed by atoms with E-state index in [-0.39, 0.29) is 34.7 Å². The van der Waals surface area contributed by atoms with Gasteiger partial charge in [0.2, 0.25) is 0 Å². The molecule has 0 aromatic heterocycles. The van der Waals surface area contributed by atoms with Gasteiger partial charge in [0.25, 0.3) is 5.91 Å². The zero-order valence-electron chi connectivity index (χ0n) is 20.6. The number of benzene rings is 2. The molecule has 2 heterocycles. The highest BCUT2D eigenvalue weighted by Crippen LogP contribution is 2.35. The van der Waals surface area contributed by atoms with Crippen LogP contribution in [0.2, 0.25) is 5.02 Å². The minimum atomic E-state index is -0.890. The molecular weight excluding hydrogens is 542 g/mol. The summed E-state index contributed by atoms with van der Waals surface area (Å²) in [5, 5.41) is 9.65. The van der Waals surface area contributed by atoms with Gasteiger partial charge >= 0.3 is 0 Å². The van der Waals surface area contributed by atoms with Crippen LogP contribution in [-0.2, 0) is 9.53 Å². The van der Waals surface area contributed by atoms with Crippen molar-refractivity contribution >= 4 is 41.2 Å². The van der Waals surface area contributed by atoms with Gasteiger partial charge in [-0.05, 0) is 81.0 Å². The van der Waals surface area contributed by atoms with Crippen LogP contribution in [0.25, 0.3) is 0 Å². The Bertz CT molecular complexity index is 1040. The molecule has 2 unspecified atom stereocenters. The molecular formula is C26H31ClF2N2O4S2. The number of hydrogen-bond acceptors (Lipinski definition) is 7. The average molecular weight is 573 g/mol. The number of aliphatic hydroxyl groups excluding tert-OH is 1. The second-order valence-electron chi connectivity index (χ2n) is 9.49. The molecule has 6 nitrogen and oxygen atoms in total. The van der Waals surface area contributed by atoms with E-state index in [0.29, 0.717) is 49.7 Å². The highest BCUT2D eigenvalue weighted by Gasteiger charge is 2.36. The second-order valence-corrected chi connectivity index (χ2v) is 11.9. The van der Waals surface area contributed by atoms with Gasteiger partial charge in [0.05, 0.1) is 11.1 Å². The number of likely N-dealkylation sites (tertiary alicyclic amines) is 1. The molecule has 2 N–H and O–H groups in total. The van der Waals surface area contributed by atoms with Crippen LogP contribution < -0.4 is 9.46 Å². The lowest BCUT2D eigenvalue weighted by Gasteiger charge is -2.36. The van der Waals surface area contributed by atoms with Crippen LogP contribution in [0.5, 0.6) is 5.75 Å². The first-order valence-electron chi connectivity index (χ1n) is 12.3. The van der Waals surface area contributed by atoms with Crippen molar-refractivity contribution in [2.45, 2.75) is 60.2 Å². The molecule has 2 aromatic rings. The number of aliphatic hydroxyl groups is 1. The van der Waals surface area contributed by atoms with Crippen LogP contribution in [0.1, 0.15) is 32.6 Å². The van der Waals surface area contributed by atoms with Crippen LogP contribution in [0.3, 0.4) is 0 Å². The number of carbonyl (C=O) groups is 1. The maximum atomic E-state index is 15.1. The number of β-amino-alcohol motifs (C(OH)–C–C–N with tert-alkyl or cyclic N) is 1. The van der Waals surface area contributed by atoms with Crippen molar-refractivity contribution in [3.63, 3.8) is 0 Å². The molecule has 0 aliphatic carbocycles. The van der Waals surface area contributed by atoms with Crippen molar-refractivity contribution in [1.82, 2.24) is 9.62 Å². The number of carbonyl (C=O) groups excluding carboxylic acids is 1. The lowest BCUT2D eigenvalue weighted by Crippen LogP contribution is -2.51. The number of hydrogen-bond donors (Lipinski definition) is 2. The minimum Gasteiger partial charge on any atom is -0.485 e. The molecule has 0 saturated carbocycles. The second kappa shape index (κ2) is 13.0. The van der Waals surface area contributed by atoms with Gasteiger partial charge in [-0.3, -0.25) is 14.4 Å². The van der Waals surface area contributed by atoms with Crippen molar-refractivity contribution in [2.75, 3.05) is 32.0 Å². The molecule has 11 heteroatoms. The molecule has 0 radical (unpaired) electrons.